The highest BCUT2D eigenvalue weighted by atomic mass is 16.5. The molecule has 0 aliphatic heterocycles. The standard InChI is InChI=1S/C10H16O3/c1-7-5-4-6-10(2,8(7)11)9(12)13-3/h7H,4-6H2,1-3H3/t7?,10-/m1/s1. The summed E-state index contributed by atoms with van der Waals surface area (Å²) in [7, 11) is 1.33. The number of ether oxygens (including phenoxy) is 1. The van der Waals surface area contributed by atoms with E-state index in [1.807, 2.05) is 6.92 Å². The molecule has 13 heavy (non-hydrogen) atoms. The van der Waals surface area contributed by atoms with Gasteiger partial charge in [-0.3, -0.25) is 9.59 Å². The van der Waals surface area contributed by atoms with E-state index in [0.29, 0.717) is 6.42 Å². The number of esters is 1. The molecule has 1 rings (SSSR count). The van der Waals surface area contributed by atoms with Crippen LogP contribution in [-0.2, 0) is 14.3 Å². The molecule has 3 nitrogen and oxygen atoms in total. The van der Waals surface area contributed by atoms with Gasteiger partial charge in [0, 0.05) is 5.92 Å². The van der Waals surface area contributed by atoms with E-state index in [9.17, 15) is 9.59 Å². The minimum absolute atomic E-state index is 0.00199. The van der Waals surface area contributed by atoms with Crippen molar-refractivity contribution < 1.29 is 14.3 Å². The van der Waals surface area contributed by atoms with Crippen LogP contribution in [0.4, 0.5) is 0 Å². The Labute approximate surface area is 78.5 Å². The Balaban J connectivity index is 2.87. The summed E-state index contributed by atoms with van der Waals surface area (Å²) >= 11 is 0. The van der Waals surface area contributed by atoms with Crippen molar-refractivity contribution in [1.82, 2.24) is 0 Å². The molecular weight excluding hydrogens is 168 g/mol. The highest BCUT2D eigenvalue weighted by Gasteiger charge is 2.45. The lowest BCUT2D eigenvalue weighted by Crippen LogP contribution is -2.43. The zero-order chi connectivity index (χ0) is 10.1. The SMILES string of the molecule is COC(=O)[C@]1(C)CCCC(C)C1=O. The summed E-state index contributed by atoms with van der Waals surface area (Å²) < 4.78 is 4.65. The smallest absolute Gasteiger partial charge is 0.319 e. The van der Waals surface area contributed by atoms with Crippen LogP contribution in [0.1, 0.15) is 33.1 Å². The van der Waals surface area contributed by atoms with Crippen LogP contribution in [-0.4, -0.2) is 18.9 Å². The Kier molecular flexibility index (Phi) is 2.74. The monoisotopic (exact) mass is 184 g/mol. The first-order valence-electron chi connectivity index (χ1n) is 4.65. The third kappa shape index (κ3) is 1.60. The summed E-state index contributed by atoms with van der Waals surface area (Å²) in [6, 6.07) is 0. The van der Waals surface area contributed by atoms with Crippen molar-refractivity contribution in [2.24, 2.45) is 11.3 Å². The van der Waals surface area contributed by atoms with Gasteiger partial charge in [-0.2, -0.15) is 0 Å². The van der Waals surface area contributed by atoms with Crippen molar-refractivity contribution in [3.63, 3.8) is 0 Å². The van der Waals surface area contributed by atoms with Crippen molar-refractivity contribution in [1.29, 1.82) is 0 Å². The van der Waals surface area contributed by atoms with E-state index >= 15 is 0 Å². The van der Waals surface area contributed by atoms with Crippen molar-refractivity contribution in [2.45, 2.75) is 33.1 Å². The predicted molar refractivity (Wildman–Crippen MR) is 48.1 cm³/mol. The van der Waals surface area contributed by atoms with E-state index in [1.54, 1.807) is 6.92 Å². The maximum atomic E-state index is 11.7. The molecule has 2 atom stereocenters. The first-order chi connectivity index (χ1) is 6.02. The molecule has 0 aromatic rings. The van der Waals surface area contributed by atoms with E-state index in [-0.39, 0.29) is 17.7 Å². The molecule has 1 aliphatic rings. The molecule has 0 aromatic carbocycles. The van der Waals surface area contributed by atoms with Crippen molar-refractivity contribution in [3.05, 3.63) is 0 Å². The minimum atomic E-state index is -0.883. The minimum Gasteiger partial charge on any atom is -0.468 e. The highest BCUT2D eigenvalue weighted by Crippen LogP contribution is 2.36. The van der Waals surface area contributed by atoms with Gasteiger partial charge in [0.1, 0.15) is 5.41 Å². The number of carbonyl (C=O) groups is 2. The van der Waals surface area contributed by atoms with E-state index in [0.717, 1.165) is 12.8 Å². The summed E-state index contributed by atoms with van der Waals surface area (Å²) in [6.07, 6.45) is 2.45. The molecule has 1 aliphatic carbocycles. The zero-order valence-electron chi connectivity index (χ0n) is 8.42. The van der Waals surface area contributed by atoms with Crippen LogP contribution in [0, 0.1) is 11.3 Å². The summed E-state index contributed by atoms with van der Waals surface area (Å²) in [6.45, 7) is 3.57. The number of hydrogen-bond donors (Lipinski definition) is 0. The molecule has 0 bridgehead atoms. The zero-order valence-corrected chi connectivity index (χ0v) is 8.42. The second-order valence-electron chi connectivity index (χ2n) is 3.98. The van der Waals surface area contributed by atoms with Gasteiger partial charge >= 0.3 is 5.97 Å². The van der Waals surface area contributed by atoms with Gasteiger partial charge in [0.05, 0.1) is 7.11 Å². The lowest BCUT2D eigenvalue weighted by Gasteiger charge is -2.32. The molecule has 0 radical (unpaired) electrons. The highest BCUT2D eigenvalue weighted by molar-refractivity contribution is 6.04. The summed E-state index contributed by atoms with van der Waals surface area (Å²) in [4.78, 5) is 23.1. The van der Waals surface area contributed by atoms with Gasteiger partial charge in [-0.25, -0.2) is 0 Å². The number of Topliss-reactive ketones (excluding diaryl/α,β-unsaturated/α-hetero) is 1. The van der Waals surface area contributed by atoms with Gasteiger partial charge in [0.25, 0.3) is 0 Å². The Bertz CT molecular complexity index is 234. The van der Waals surface area contributed by atoms with Crippen LogP contribution in [0.2, 0.25) is 0 Å². The van der Waals surface area contributed by atoms with Gasteiger partial charge in [-0.05, 0) is 19.8 Å². The van der Waals surface area contributed by atoms with Crippen LogP contribution < -0.4 is 0 Å². The fourth-order valence-corrected chi connectivity index (χ4v) is 1.99. The number of carbonyl (C=O) groups excluding carboxylic acids is 2. The lowest BCUT2D eigenvalue weighted by molar-refractivity contribution is -0.160. The van der Waals surface area contributed by atoms with E-state index in [4.69, 9.17) is 0 Å². The number of rotatable bonds is 1. The van der Waals surface area contributed by atoms with E-state index in [2.05, 4.69) is 4.74 Å². The summed E-state index contributed by atoms with van der Waals surface area (Å²) in [5.74, 6) is -0.354. The molecule has 74 valence electrons. The number of methoxy groups -OCH3 is 1. The molecule has 3 heteroatoms. The molecule has 1 fully saturated rings. The second kappa shape index (κ2) is 3.48. The van der Waals surface area contributed by atoms with Crippen molar-refractivity contribution >= 4 is 11.8 Å². The maximum Gasteiger partial charge on any atom is 0.319 e. The molecule has 0 amide bonds. The molecule has 0 N–H and O–H groups in total. The van der Waals surface area contributed by atoms with Crippen LogP contribution in [0.5, 0.6) is 0 Å². The quantitative estimate of drug-likeness (QED) is 0.458. The van der Waals surface area contributed by atoms with Gasteiger partial charge < -0.3 is 4.74 Å². The van der Waals surface area contributed by atoms with Crippen molar-refractivity contribution in [2.75, 3.05) is 7.11 Å². The van der Waals surface area contributed by atoms with Gasteiger partial charge in [0.15, 0.2) is 5.78 Å². The van der Waals surface area contributed by atoms with Crippen LogP contribution in [0.15, 0.2) is 0 Å². The van der Waals surface area contributed by atoms with Crippen LogP contribution >= 0.6 is 0 Å². The van der Waals surface area contributed by atoms with Crippen molar-refractivity contribution in [3.8, 4) is 0 Å². The average Bonchev–Trinajstić information content (AvgIpc) is 2.13. The van der Waals surface area contributed by atoms with Crippen LogP contribution in [0.3, 0.4) is 0 Å². The largest absolute Gasteiger partial charge is 0.468 e. The maximum absolute atomic E-state index is 11.7. The summed E-state index contributed by atoms with van der Waals surface area (Å²) in [5, 5.41) is 0. The normalized spacial score (nSPS) is 34.4. The van der Waals surface area contributed by atoms with E-state index < -0.39 is 5.41 Å². The Hall–Kier alpha value is -0.860. The van der Waals surface area contributed by atoms with Gasteiger partial charge in [-0.15, -0.1) is 0 Å². The molecule has 0 saturated heterocycles. The molecule has 0 heterocycles. The fourth-order valence-electron chi connectivity index (χ4n) is 1.99. The number of ketones is 1. The first kappa shape index (κ1) is 10.2. The summed E-state index contributed by atoms with van der Waals surface area (Å²) in [5.41, 5.74) is -0.883. The lowest BCUT2D eigenvalue weighted by atomic mass is 9.70. The Morgan fingerprint density at radius 3 is 2.77 bits per heavy atom. The fraction of sp³-hybridized carbons (Fsp3) is 0.800. The molecule has 1 saturated carbocycles. The molecule has 0 spiro atoms. The van der Waals surface area contributed by atoms with Crippen LogP contribution in [0.25, 0.3) is 0 Å². The third-order valence-corrected chi connectivity index (χ3v) is 2.94. The van der Waals surface area contributed by atoms with Gasteiger partial charge in [0.2, 0.25) is 0 Å². The molecule has 0 aromatic heterocycles. The first-order valence-corrected chi connectivity index (χ1v) is 4.65. The number of hydrogen-bond acceptors (Lipinski definition) is 3. The van der Waals surface area contributed by atoms with Gasteiger partial charge in [-0.1, -0.05) is 13.3 Å². The third-order valence-electron chi connectivity index (χ3n) is 2.94. The topological polar surface area (TPSA) is 43.4 Å². The average molecular weight is 184 g/mol. The molecular formula is C10H16O3. The Morgan fingerprint density at radius 1 is 1.62 bits per heavy atom. The Morgan fingerprint density at radius 2 is 2.23 bits per heavy atom. The van der Waals surface area contributed by atoms with E-state index in [1.165, 1.54) is 7.11 Å². The predicted octanol–water partition coefficient (Wildman–Crippen LogP) is 1.55. The molecule has 1 unspecified atom stereocenters. The second-order valence-corrected chi connectivity index (χ2v) is 3.98.